The number of hydrogen-bond donors (Lipinski definition) is 2. The van der Waals surface area contributed by atoms with Gasteiger partial charge in [0.15, 0.2) is 0 Å². The standard InChI is InChI=1S/C18H20N6O2/c1-2-19-12-13-6-3-4-7-14(13)22-15(25)8-9-16-23-18(24-26-16)17-20-10-5-11-21-17/h3-7,10-11,19H,2,8-9,12H2,1H3,(H,22,25). The van der Waals surface area contributed by atoms with Gasteiger partial charge in [-0.1, -0.05) is 30.3 Å². The Morgan fingerprint density at radius 2 is 1.92 bits per heavy atom. The van der Waals surface area contributed by atoms with Crippen LogP contribution in [0.5, 0.6) is 0 Å². The second-order valence-electron chi connectivity index (χ2n) is 5.57. The molecule has 26 heavy (non-hydrogen) atoms. The Kier molecular flexibility index (Phi) is 6.00. The highest BCUT2D eigenvalue weighted by Crippen LogP contribution is 2.16. The van der Waals surface area contributed by atoms with Crippen molar-refractivity contribution in [3.05, 3.63) is 54.2 Å². The number of carbonyl (C=O) groups excluding carboxylic acids is 1. The number of para-hydroxylation sites is 1. The van der Waals surface area contributed by atoms with Gasteiger partial charge in [0, 0.05) is 37.5 Å². The van der Waals surface area contributed by atoms with E-state index in [9.17, 15) is 4.79 Å². The maximum Gasteiger partial charge on any atom is 0.240 e. The van der Waals surface area contributed by atoms with Gasteiger partial charge >= 0.3 is 0 Å². The van der Waals surface area contributed by atoms with Crippen LogP contribution in [0.15, 0.2) is 47.2 Å². The molecule has 3 aromatic rings. The van der Waals surface area contributed by atoms with Gasteiger partial charge in [-0.3, -0.25) is 4.79 Å². The van der Waals surface area contributed by atoms with Crippen LogP contribution in [0.2, 0.25) is 0 Å². The molecule has 0 radical (unpaired) electrons. The molecule has 2 aromatic heterocycles. The Morgan fingerprint density at radius 1 is 1.12 bits per heavy atom. The van der Waals surface area contributed by atoms with Crippen molar-refractivity contribution in [2.24, 2.45) is 0 Å². The van der Waals surface area contributed by atoms with Crippen molar-refractivity contribution >= 4 is 11.6 Å². The second kappa shape index (κ2) is 8.82. The number of nitrogens with zero attached hydrogens (tertiary/aromatic N) is 4. The molecule has 1 amide bonds. The molecular weight excluding hydrogens is 332 g/mol. The summed E-state index contributed by atoms with van der Waals surface area (Å²) in [6, 6.07) is 9.44. The fourth-order valence-corrected chi connectivity index (χ4v) is 2.35. The number of nitrogens with one attached hydrogen (secondary N) is 2. The first kappa shape index (κ1) is 17.7. The van der Waals surface area contributed by atoms with Crippen LogP contribution >= 0.6 is 0 Å². The monoisotopic (exact) mass is 352 g/mol. The van der Waals surface area contributed by atoms with E-state index >= 15 is 0 Å². The molecule has 3 rings (SSSR count). The van der Waals surface area contributed by atoms with E-state index in [0.717, 1.165) is 17.8 Å². The van der Waals surface area contributed by atoms with E-state index in [0.29, 0.717) is 30.5 Å². The van der Waals surface area contributed by atoms with Crippen molar-refractivity contribution in [1.29, 1.82) is 0 Å². The molecule has 0 atom stereocenters. The average Bonchev–Trinajstić information content (AvgIpc) is 3.15. The van der Waals surface area contributed by atoms with Crippen LogP contribution in [0.1, 0.15) is 24.8 Å². The number of carbonyl (C=O) groups is 1. The van der Waals surface area contributed by atoms with E-state index in [4.69, 9.17) is 4.52 Å². The predicted octanol–water partition coefficient (Wildman–Crippen LogP) is 2.21. The van der Waals surface area contributed by atoms with Crippen molar-refractivity contribution in [1.82, 2.24) is 25.4 Å². The van der Waals surface area contributed by atoms with Crippen molar-refractivity contribution in [2.75, 3.05) is 11.9 Å². The van der Waals surface area contributed by atoms with Crippen LogP contribution in [-0.2, 0) is 17.8 Å². The van der Waals surface area contributed by atoms with Gasteiger partial charge in [0.25, 0.3) is 0 Å². The van der Waals surface area contributed by atoms with Gasteiger partial charge in [0.1, 0.15) is 0 Å². The van der Waals surface area contributed by atoms with Gasteiger partial charge in [-0.25, -0.2) is 9.97 Å². The summed E-state index contributed by atoms with van der Waals surface area (Å²) >= 11 is 0. The first-order valence-electron chi connectivity index (χ1n) is 8.44. The highest BCUT2D eigenvalue weighted by molar-refractivity contribution is 5.91. The summed E-state index contributed by atoms with van der Waals surface area (Å²) in [5.41, 5.74) is 1.85. The zero-order chi connectivity index (χ0) is 18.2. The van der Waals surface area contributed by atoms with E-state index in [1.54, 1.807) is 18.5 Å². The Bertz CT molecular complexity index is 850. The number of amides is 1. The molecule has 8 nitrogen and oxygen atoms in total. The zero-order valence-electron chi connectivity index (χ0n) is 14.5. The van der Waals surface area contributed by atoms with Crippen LogP contribution in [-0.4, -0.2) is 32.6 Å². The smallest absolute Gasteiger partial charge is 0.240 e. The lowest BCUT2D eigenvalue weighted by atomic mass is 10.1. The summed E-state index contributed by atoms with van der Waals surface area (Å²) in [6.45, 7) is 3.62. The van der Waals surface area contributed by atoms with Gasteiger partial charge < -0.3 is 15.2 Å². The molecule has 0 aliphatic carbocycles. The molecule has 2 N–H and O–H groups in total. The van der Waals surface area contributed by atoms with Crippen molar-refractivity contribution in [3.63, 3.8) is 0 Å². The molecular formula is C18H20N6O2. The van der Waals surface area contributed by atoms with Crippen LogP contribution < -0.4 is 10.6 Å². The SMILES string of the molecule is CCNCc1ccccc1NC(=O)CCc1nc(-c2ncccn2)no1. The molecule has 0 aliphatic heterocycles. The molecule has 0 spiro atoms. The number of aryl methyl sites for hydroxylation is 1. The van der Waals surface area contributed by atoms with Crippen LogP contribution in [0.3, 0.4) is 0 Å². The molecule has 0 saturated heterocycles. The lowest BCUT2D eigenvalue weighted by molar-refractivity contribution is -0.116. The zero-order valence-corrected chi connectivity index (χ0v) is 14.5. The number of anilines is 1. The molecule has 0 fully saturated rings. The first-order valence-corrected chi connectivity index (χ1v) is 8.44. The average molecular weight is 352 g/mol. The fourth-order valence-electron chi connectivity index (χ4n) is 2.35. The summed E-state index contributed by atoms with van der Waals surface area (Å²) in [4.78, 5) is 24.6. The molecule has 134 valence electrons. The number of rotatable bonds is 8. The first-order chi connectivity index (χ1) is 12.8. The molecule has 1 aromatic carbocycles. The third kappa shape index (κ3) is 4.70. The Hall–Kier alpha value is -3.13. The lowest BCUT2D eigenvalue weighted by Gasteiger charge is -2.11. The quantitative estimate of drug-likeness (QED) is 0.640. The Morgan fingerprint density at radius 3 is 2.73 bits per heavy atom. The minimum absolute atomic E-state index is 0.107. The third-order valence-corrected chi connectivity index (χ3v) is 3.66. The maximum atomic E-state index is 12.2. The van der Waals surface area contributed by atoms with Crippen molar-refractivity contribution < 1.29 is 9.32 Å². The largest absolute Gasteiger partial charge is 0.339 e. The highest BCUT2D eigenvalue weighted by atomic mass is 16.5. The van der Waals surface area contributed by atoms with Gasteiger partial charge in [0.05, 0.1) is 0 Å². The number of benzene rings is 1. The van der Waals surface area contributed by atoms with Gasteiger partial charge in [-0.05, 0) is 24.2 Å². The molecule has 8 heteroatoms. The van der Waals surface area contributed by atoms with Crippen molar-refractivity contribution in [3.8, 4) is 11.6 Å². The van der Waals surface area contributed by atoms with Crippen LogP contribution in [0.4, 0.5) is 5.69 Å². The molecule has 0 bridgehead atoms. The Labute approximate surface area is 151 Å². The predicted molar refractivity (Wildman–Crippen MR) is 96.1 cm³/mol. The molecule has 0 saturated carbocycles. The molecule has 0 aliphatic rings. The summed E-state index contributed by atoms with van der Waals surface area (Å²) < 4.78 is 5.17. The minimum atomic E-state index is -0.107. The normalized spacial score (nSPS) is 10.7. The van der Waals surface area contributed by atoms with Crippen molar-refractivity contribution in [2.45, 2.75) is 26.3 Å². The fraction of sp³-hybridized carbons (Fsp3) is 0.278. The number of hydrogen-bond acceptors (Lipinski definition) is 7. The summed E-state index contributed by atoms with van der Waals surface area (Å²) in [6.07, 6.45) is 3.81. The molecule has 0 unspecified atom stereocenters. The lowest BCUT2D eigenvalue weighted by Crippen LogP contribution is -2.17. The minimum Gasteiger partial charge on any atom is -0.339 e. The van der Waals surface area contributed by atoms with Crippen LogP contribution in [0.25, 0.3) is 11.6 Å². The van der Waals surface area contributed by atoms with Gasteiger partial charge in [-0.15, -0.1) is 0 Å². The van der Waals surface area contributed by atoms with Gasteiger partial charge in [-0.2, -0.15) is 4.98 Å². The topological polar surface area (TPSA) is 106 Å². The van der Waals surface area contributed by atoms with E-state index in [2.05, 4.69) is 30.7 Å². The van der Waals surface area contributed by atoms with E-state index in [-0.39, 0.29) is 12.3 Å². The second-order valence-corrected chi connectivity index (χ2v) is 5.57. The Balaban J connectivity index is 1.56. The van der Waals surface area contributed by atoms with E-state index in [1.807, 2.05) is 31.2 Å². The number of aromatic nitrogens is 4. The van der Waals surface area contributed by atoms with Gasteiger partial charge in [0.2, 0.25) is 23.4 Å². The third-order valence-electron chi connectivity index (χ3n) is 3.66. The molecule has 2 heterocycles. The van der Waals surface area contributed by atoms with E-state index in [1.165, 1.54) is 0 Å². The van der Waals surface area contributed by atoms with E-state index < -0.39 is 0 Å². The summed E-state index contributed by atoms with van der Waals surface area (Å²) in [5, 5.41) is 10.0. The maximum absolute atomic E-state index is 12.2. The van der Waals surface area contributed by atoms with Crippen LogP contribution in [0, 0.1) is 0 Å². The highest BCUT2D eigenvalue weighted by Gasteiger charge is 2.13. The summed E-state index contributed by atoms with van der Waals surface area (Å²) in [5.74, 6) is 0.981. The summed E-state index contributed by atoms with van der Waals surface area (Å²) in [7, 11) is 0.